The minimum atomic E-state index is -0.0484. The van der Waals surface area contributed by atoms with Crippen LogP contribution >= 0.6 is 23.4 Å². The van der Waals surface area contributed by atoms with Crippen molar-refractivity contribution in [2.75, 3.05) is 5.75 Å². The molecule has 0 atom stereocenters. The van der Waals surface area contributed by atoms with Crippen molar-refractivity contribution in [1.82, 2.24) is 19.3 Å². The Morgan fingerprint density at radius 3 is 2.92 bits per heavy atom. The molecule has 26 heavy (non-hydrogen) atoms. The standard InChI is InChI=1S/C19H21ClN4OS/c1-2-10-24-18(25)16-8-7-15(20)14-17(16)22-19(24)26-13-5-3-4-11-23-12-6-9-21-23/h2,6-9,12,14H,1,3-5,10-11,13H2. The monoisotopic (exact) mass is 388 g/mol. The van der Waals surface area contributed by atoms with Crippen LogP contribution in [-0.2, 0) is 13.1 Å². The molecule has 0 saturated heterocycles. The molecule has 0 saturated carbocycles. The molecule has 7 heteroatoms. The average Bonchev–Trinajstić information content (AvgIpc) is 3.14. The summed E-state index contributed by atoms with van der Waals surface area (Å²) in [5.41, 5.74) is 0.594. The van der Waals surface area contributed by atoms with E-state index < -0.39 is 0 Å². The van der Waals surface area contributed by atoms with E-state index in [0.717, 1.165) is 36.7 Å². The van der Waals surface area contributed by atoms with E-state index in [1.54, 1.807) is 46.8 Å². The summed E-state index contributed by atoms with van der Waals surface area (Å²) in [5.74, 6) is 0.911. The molecule has 0 aliphatic rings. The van der Waals surface area contributed by atoms with Crippen LogP contribution in [0.2, 0.25) is 5.02 Å². The lowest BCUT2D eigenvalue weighted by Crippen LogP contribution is -2.22. The molecule has 1 aromatic carbocycles. The molecule has 136 valence electrons. The molecule has 0 radical (unpaired) electrons. The van der Waals surface area contributed by atoms with Crippen molar-refractivity contribution in [3.05, 3.63) is 64.7 Å². The van der Waals surface area contributed by atoms with Crippen LogP contribution < -0.4 is 5.56 Å². The third-order valence-corrected chi connectivity index (χ3v) is 5.31. The molecular weight excluding hydrogens is 368 g/mol. The Labute approximate surface area is 161 Å². The summed E-state index contributed by atoms with van der Waals surface area (Å²) in [6, 6.07) is 7.13. The second kappa shape index (κ2) is 9.05. The maximum Gasteiger partial charge on any atom is 0.262 e. The van der Waals surface area contributed by atoms with Crippen molar-refractivity contribution in [2.24, 2.45) is 0 Å². The van der Waals surface area contributed by atoms with Gasteiger partial charge in [0.25, 0.3) is 5.56 Å². The van der Waals surface area contributed by atoms with Crippen molar-refractivity contribution in [1.29, 1.82) is 0 Å². The number of halogens is 1. The Hall–Kier alpha value is -2.05. The predicted octanol–water partition coefficient (Wildman–Crippen LogP) is 4.40. The Balaban J connectivity index is 1.65. The van der Waals surface area contributed by atoms with Gasteiger partial charge in [-0.1, -0.05) is 35.9 Å². The topological polar surface area (TPSA) is 52.7 Å². The number of aryl methyl sites for hydroxylation is 1. The Kier molecular flexibility index (Phi) is 6.52. The van der Waals surface area contributed by atoms with Gasteiger partial charge in [-0.15, -0.1) is 6.58 Å². The lowest BCUT2D eigenvalue weighted by molar-refractivity contribution is 0.554. The van der Waals surface area contributed by atoms with Gasteiger partial charge in [0.05, 0.1) is 10.9 Å². The highest BCUT2D eigenvalue weighted by molar-refractivity contribution is 7.99. The van der Waals surface area contributed by atoms with Crippen molar-refractivity contribution in [3.8, 4) is 0 Å². The number of thioether (sulfide) groups is 1. The van der Waals surface area contributed by atoms with Gasteiger partial charge in [-0.25, -0.2) is 4.98 Å². The summed E-state index contributed by atoms with van der Waals surface area (Å²) in [7, 11) is 0. The molecule has 0 fully saturated rings. The second-order valence-corrected chi connectivity index (χ2v) is 7.44. The summed E-state index contributed by atoms with van der Waals surface area (Å²) < 4.78 is 3.63. The zero-order valence-electron chi connectivity index (χ0n) is 14.5. The smallest absolute Gasteiger partial charge is 0.262 e. The number of rotatable bonds is 9. The molecule has 0 bridgehead atoms. The van der Waals surface area contributed by atoms with Gasteiger partial charge in [-0.05, 0) is 37.1 Å². The third-order valence-electron chi connectivity index (χ3n) is 4.02. The molecule has 0 aliphatic heterocycles. The predicted molar refractivity (Wildman–Crippen MR) is 108 cm³/mol. The van der Waals surface area contributed by atoms with Crippen LogP contribution in [0.15, 0.2) is 59.3 Å². The summed E-state index contributed by atoms with van der Waals surface area (Å²) in [6.07, 6.45) is 8.75. The van der Waals surface area contributed by atoms with Crippen molar-refractivity contribution >= 4 is 34.3 Å². The highest BCUT2D eigenvalue weighted by atomic mass is 35.5. The van der Waals surface area contributed by atoms with E-state index in [4.69, 9.17) is 11.6 Å². The first kappa shape index (κ1) is 18.7. The van der Waals surface area contributed by atoms with E-state index >= 15 is 0 Å². The zero-order valence-corrected chi connectivity index (χ0v) is 16.0. The third kappa shape index (κ3) is 4.56. The maximum absolute atomic E-state index is 12.7. The van der Waals surface area contributed by atoms with E-state index in [9.17, 15) is 4.79 Å². The molecule has 0 amide bonds. The number of benzene rings is 1. The molecule has 2 heterocycles. The molecule has 0 aliphatic carbocycles. The van der Waals surface area contributed by atoms with E-state index in [1.807, 2.05) is 16.9 Å². The van der Waals surface area contributed by atoms with Gasteiger partial charge in [0.15, 0.2) is 5.16 Å². The van der Waals surface area contributed by atoms with Gasteiger partial charge in [-0.3, -0.25) is 14.0 Å². The van der Waals surface area contributed by atoms with Gasteiger partial charge < -0.3 is 0 Å². The molecular formula is C19H21ClN4OS. The molecule has 0 spiro atoms. The van der Waals surface area contributed by atoms with Crippen LogP contribution in [0.4, 0.5) is 0 Å². The van der Waals surface area contributed by atoms with Gasteiger partial charge >= 0.3 is 0 Å². The van der Waals surface area contributed by atoms with E-state index in [0.29, 0.717) is 22.5 Å². The summed E-state index contributed by atoms with van der Waals surface area (Å²) >= 11 is 7.66. The number of allylic oxidation sites excluding steroid dienone is 1. The van der Waals surface area contributed by atoms with Gasteiger partial charge in [0.2, 0.25) is 0 Å². The number of hydrogen-bond donors (Lipinski definition) is 0. The summed E-state index contributed by atoms with van der Waals surface area (Å²) in [5, 5.41) is 6.09. The van der Waals surface area contributed by atoms with E-state index in [2.05, 4.69) is 16.7 Å². The Morgan fingerprint density at radius 1 is 1.27 bits per heavy atom. The SMILES string of the molecule is C=CCn1c(SCCCCCn2cccn2)nc2cc(Cl)ccc2c1=O. The number of nitrogens with zero attached hydrogens (tertiary/aromatic N) is 4. The molecule has 0 unspecified atom stereocenters. The van der Waals surface area contributed by atoms with Gasteiger partial charge in [0, 0.05) is 36.3 Å². The van der Waals surface area contributed by atoms with Crippen LogP contribution in [0.25, 0.3) is 10.9 Å². The number of unbranched alkanes of at least 4 members (excludes halogenated alkanes) is 2. The fourth-order valence-electron chi connectivity index (χ4n) is 2.72. The number of aromatic nitrogens is 4. The normalized spacial score (nSPS) is 11.1. The van der Waals surface area contributed by atoms with Crippen molar-refractivity contribution in [3.63, 3.8) is 0 Å². The first-order chi connectivity index (χ1) is 12.7. The van der Waals surface area contributed by atoms with Gasteiger partial charge in [0.1, 0.15) is 0 Å². The minimum absolute atomic E-state index is 0.0484. The molecule has 3 aromatic rings. The van der Waals surface area contributed by atoms with Crippen LogP contribution in [-0.4, -0.2) is 25.1 Å². The number of fused-ring (bicyclic) bond motifs is 1. The quantitative estimate of drug-likeness (QED) is 0.236. The molecule has 5 nitrogen and oxygen atoms in total. The lowest BCUT2D eigenvalue weighted by atomic mass is 10.2. The highest BCUT2D eigenvalue weighted by Gasteiger charge is 2.11. The molecule has 2 aromatic heterocycles. The first-order valence-corrected chi connectivity index (χ1v) is 9.96. The highest BCUT2D eigenvalue weighted by Crippen LogP contribution is 2.21. The summed E-state index contributed by atoms with van der Waals surface area (Å²) in [4.78, 5) is 17.4. The minimum Gasteiger partial charge on any atom is -0.283 e. The van der Waals surface area contributed by atoms with E-state index in [-0.39, 0.29) is 5.56 Å². The first-order valence-electron chi connectivity index (χ1n) is 8.60. The van der Waals surface area contributed by atoms with Crippen LogP contribution in [0.5, 0.6) is 0 Å². The molecule has 3 rings (SSSR count). The van der Waals surface area contributed by atoms with Crippen molar-refractivity contribution in [2.45, 2.75) is 37.5 Å². The Bertz CT molecular complexity index is 937. The fraction of sp³-hybridized carbons (Fsp3) is 0.316. The van der Waals surface area contributed by atoms with Crippen LogP contribution in [0.3, 0.4) is 0 Å². The summed E-state index contributed by atoms with van der Waals surface area (Å²) in [6.45, 7) is 5.14. The zero-order chi connectivity index (χ0) is 18.4. The van der Waals surface area contributed by atoms with Gasteiger partial charge in [-0.2, -0.15) is 5.10 Å². The maximum atomic E-state index is 12.7. The average molecular weight is 389 g/mol. The molecule has 0 N–H and O–H groups in total. The van der Waals surface area contributed by atoms with E-state index in [1.165, 1.54) is 0 Å². The number of hydrogen-bond acceptors (Lipinski definition) is 4. The fourth-order valence-corrected chi connectivity index (χ4v) is 3.90. The Morgan fingerprint density at radius 2 is 2.15 bits per heavy atom. The largest absolute Gasteiger partial charge is 0.283 e. The van der Waals surface area contributed by atoms with Crippen molar-refractivity contribution < 1.29 is 0 Å². The van der Waals surface area contributed by atoms with Crippen LogP contribution in [0, 0.1) is 0 Å². The second-order valence-electron chi connectivity index (χ2n) is 5.94. The van der Waals surface area contributed by atoms with Crippen LogP contribution in [0.1, 0.15) is 19.3 Å². The lowest BCUT2D eigenvalue weighted by Gasteiger charge is -2.11.